The van der Waals surface area contributed by atoms with Gasteiger partial charge in [-0.15, -0.1) is 0 Å². The Balaban J connectivity index is 1.69. The first kappa shape index (κ1) is 18.5. The number of carbonyl (C=O) groups is 1. The molecule has 3 nitrogen and oxygen atoms in total. The Morgan fingerprint density at radius 1 is 1.04 bits per heavy atom. The summed E-state index contributed by atoms with van der Waals surface area (Å²) in [5.41, 5.74) is 2.41. The second kappa shape index (κ2) is 9.45. The molecule has 0 saturated heterocycles. The molecule has 0 aliphatic heterocycles. The Labute approximate surface area is 149 Å². The van der Waals surface area contributed by atoms with Crippen molar-refractivity contribution in [3.8, 4) is 0 Å². The van der Waals surface area contributed by atoms with Gasteiger partial charge in [0.25, 0.3) is 0 Å². The molecule has 0 aliphatic rings. The molecule has 0 fully saturated rings. The van der Waals surface area contributed by atoms with E-state index in [9.17, 15) is 4.79 Å². The predicted molar refractivity (Wildman–Crippen MR) is 100 cm³/mol. The van der Waals surface area contributed by atoms with Crippen LogP contribution in [0.2, 0.25) is 5.02 Å². The number of halogens is 1. The van der Waals surface area contributed by atoms with Gasteiger partial charge in [-0.1, -0.05) is 54.1 Å². The molecule has 0 saturated carbocycles. The summed E-state index contributed by atoms with van der Waals surface area (Å²) in [6.45, 7) is 4.39. The average Bonchev–Trinajstić information content (AvgIpc) is 2.59. The van der Waals surface area contributed by atoms with E-state index in [1.807, 2.05) is 56.3 Å². The summed E-state index contributed by atoms with van der Waals surface area (Å²) in [6, 6.07) is 18.3. The molecule has 128 valence electrons. The lowest BCUT2D eigenvalue weighted by molar-refractivity contribution is -0.121. The van der Waals surface area contributed by atoms with Crippen molar-refractivity contribution in [1.29, 1.82) is 0 Å². The monoisotopic (exact) mass is 344 g/mol. The largest absolute Gasteiger partial charge is 0.353 e. The van der Waals surface area contributed by atoms with E-state index in [4.69, 9.17) is 11.6 Å². The first-order valence-electron chi connectivity index (χ1n) is 8.36. The first-order valence-corrected chi connectivity index (χ1v) is 8.74. The molecule has 1 amide bonds. The van der Waals surface area contributed by atoms with Crippen LogP contribution in [0.5, 0.6) is 0 Å². The van der Waals surface area contributed by atoms with Gasteiger partial charge in [0.1, 0.15) is 0 Å². The van der Waals surface area contributed by atoms with Crippen LogP contribution in [0, 0.1) is 0 Å². The maximum absolute atomic E-state index is 12.1. The zero-order chi connectivity index (χ0) is 17.4. The van der Waals surface area contributed by atoms with E-state index in [1.54, 1.807) is 0 Å². The zero-order valence-electron chi connectivity index (χ0n) is 14.3. The lowest BCUT2D eigenvalue weighted by Crippen LogP contribution is -2.39. The summed E-state index contributed by atoms with van der Waals surface area (Å²) in [6.07, 6.45) is 1.90. The minimum absolute atomic E-state index is 0.0244. The van der Waals surface area contributed by atoms with Crippen LogP contribution in [0.4, 0.5) is 0 Å². The van der Waals surface area contributed by atoms with E-state index < -0.39 is 0 Å². The van der Waals surface area contributed by atoms with Gasteiger partial charge in [-0.3, -0.25) is 4.79 Å². The van der Waals surface area contributed by atoms with E-state index in [0.29, 0.717) is 6.54 Å². The van der Waals surface area contributed by atoms with Gasteiger partial charge in [-0.05, 0) is 49.9 Å². The van der Waals surface area contributed by atoms with Crippen LogP contribution in [-0.2, 0) is 11.2 Å². The first-order chi connectivity index (χ1) is 11.5. The molecule has 0 heterocycles. The third-order valence-electron chi connectivity index (χ3n) is 4.06. The standard InChI is InChI=1S/C20H25ClN2O/c1-15(8-9-17-6-4-3-5-7-17)23-20(24)14-22-16(2)18-10-12-19(21)13-11-18/h3-7,10-13,15-16,22H,8-9,14H2,1-2H3,(H,23,24)/t15-,16+/m1/s1. The second-order valence-corrected chi connectivity index (χ2v) is 6.58. The normalized spacial score (nSPS) is 13.3. The summed E-state index contributed by atoms with van der Waals surface area (Å²) in [7, 11) is 0. The topological polar surface area (TPSA) is 41.1 Å². The van der Waals surface area contributed by atoms with Crippen molar-refractivity contribution in [2.75, 3.05) is 6.54 Å². The van der Waals surface area contributed by atoms with Crippen molar-refractivity contribution in [3.63, 3.8) is 0 Å². The highest BCUT2D eigenvalue weighted by molar-refractivity contribution is 6.30. The molecule has 2 aromatic rings. The van der Waals surface area contributed by atoms with Crippen molar-refractivity contribution in [2.45, 2.75) is 38.8 Å². The molecule has 0 aromatic heterocycles. The molecular formula is C20H25ClN2O. The lowest BCUT2D eigenvalue weighted by Gasteiger charge is -2.17. The van der Waals surface area contributed by atoms with Crippen LogP contribution in [0.25, 0.3) is 0 Å². The van der Waals surface area contributed by atoms with E-state index in [2.05, 4.69) is 22.8 Å². The van der Waals surface area contributed by atoms with Gasteiger partial charge in [-0.2, -0.15) is 0 Å². The van der Waals surface area contributed by atoms with E-state index >= 15 is 0 Å². The highest BCUT2D eigenvalue weighted by Gasteiger charge is 2.10. The maximum atomic E-state index is 12.1. The Morgan fingerprint density at radius 3 is 2.38 bits per heavy atom. The third kappa shape index (κ3) is 6.34. The SMILES string of the molecule is C[C@H](CCc1ccccc1)NC(=O)CN[C@@H](C)c1ccc(Cl)cc1. The quantitative estimate of drug-likeness (QED) is 0.756. The molecule has 4 heteroatoms. The third-order valence-corrected chi connectivity index (χ3v) is 4.31. The van der Waals surface area contributed by atoms with Gasteiger partial charge in [0.2, 0.25) is 5.91 Å². The molecule has 0 spiro atoms. The van der Waals surface area contributed by atoms with Crippen molar-refractivity contribution in [1.82, 2.24) is 10.6 Å². The minimum Gasteiger partial charge on any atom is -0.353 e. The van der Waals surface area contributed by atoms with Gasteiger partial charge in [0.05, 0.1) is 6.54 Å². The molecule has 24 heavy (non-hydrogen) atoms. The Kier molecular flexibility index (Phi) is 7.29. The van der Waals surface area contributed by atoms with Crippen LogP contribution in [-0.4, -0.2) is 18.5 Å². The average molecular weight is 345 g/mol. The number of amides is 1. The van der Waals surface area contributed by atoms with Crippen LogP contribution in [0.1, 0.15) is 37.4 Å². The molecule has 0 aliphatic carbocycles. The van der Waals surface area contributed by atoms with Crippen LogP contribution in [0.15, 0.2) is 54.6 Å². The van der Waals surface area contributed by atoms with Gasteiger partial charge < -0.3 is 10.6 Å². The molecular weight excluding hydrogens is 320 g/mol. The van der Waals surface area contributed by atoms with Crippen molar-refractivity contribution in [2.24, 2.45) is 0 Å². The molecule has 2 N–H and O–H groups in total. The molecule has 2 rings (SSSR count). The predicted octanol–water partition coefficient (Wildman–Crippen LogP) is 4.13. The van der Waals surface area contributed by atoms with Gasteiger partial charge >= 0.3 is 0 Å². The summed E-state index contributed by atoms with van der Waals surface area (Å²) in [5, 5.41) is 7.00. The van der Waals surface area contributed by atoms with Gasteiger partial charge in [0, 0.05) is 17.1 Å². The fraction of sp³-hybridized carbons (Fsp3) is 0.350. The number of carbonyl (C=O) groups excluding carboxylic acids is 1. The number of rotatable bonds is 8. The van der Waals surface area contributed by atoms with E-state index in [-0.39, 0.29) is 18.0 Å². The Morgan fingerprint density at radius 2 is 1.71 bits per heavy atom. The number of hydrogen-bond acceptors (Lipinski definition) is 2. The molecule has 2 aromatic carbocycles. The molecule has 0 radical (unpaired) electrons. The van der Waals surface area contributed by atoms with Gasteiger partial charge in [0.15, 0.2) is 0 Å². The molecule has 0 bridgehead atoms. The maximum Gasteiger partial charge on any atom is 0.234 e. The number of nitrogens with one attached hydrogen (secondary N) is 2. The van der Waals surface area contributed by atoms with Crippen molar-refractivity contribution < 1.29 is 4.79 Å². The zero-order valence-corrected chi connectivity index (χ0v) is 15.0. The number of benzene rings is 2. The van der Waals surface area contributed by atoms with Crippen LogP contribution < -0.4 is 10.6 Å². The highest BCUT2D eigenvalue weighted by atomic mass is 35.5. The smallest absolute Gasteiger partial charge is 0.234 e. The Bertz CT molecular complexity index is 628. The second-order valence-electron chi connectivity index (χ2n) is 6.15. The number of hydrogen-bond donors (Lipinski definition) is 2. The van der Waals surface area contributed by atoms with Gasteiger partial charge in [-0.25, -0.2) is 0 Å². The fourth-order valence-corrected chi connectivity index (χ4v) is 2.67. The number of aryl methyl sites for hydroxylation is 1. The highest BCUT2D eigenvalue weighted by Crippen LogP contribution is 2.15. The summed E-state index contributed by atoms with van der Waals surface area (Å²) in [4.78, 5) is 12.1. The van der Waals surface area contributed by atoms with E-state index in [0.717, 1.165) is 23.4 Å². The summed E-state index contributed by atoms with van der Waals surface area (Å²) < 4.78 is 0. The Hall–Kier alpha value is -1.84. The minimum atomic E-state index is 0.0244. The van der Waals surface area contributed by atoms with Crippen LogP contribution >= 0.6 is 11.6 Å². The van der Waals surface area contributed by atoms with Crippen molar-refractivity contribution >= 4 is 17.5 Å². The van der Waals surface area contributed by atoms with Crippen molar-refractivity contribution in [3.05, 3.63) is 70.7 Å². The fourth-order valence-electron chi connectivity index (χ4n) is 2.54. The summed E-state index contributed by atoms with van der Waals surface area (Å²) in [5.74, 6) is 0.0244. The van der Waals surface area contributed by atoms with E-state index in [1.165, 1.54) is 5.56 Å². The van der Waals surface area contributed by atoms with Crippen LogP contribution in [0.3, 0.4) is 0 Å². The summed E-state index contributed by atoms with van der Waals surface area (Å²) >= 11 is 5.89. The lowest BCUT2D eigenvalue weighted by atomic mass is 10.1. The molecule has 0 unspecified atom stereocenters. The molecule has 2 atom stereocenters.